The van der Waals surface area contributed by atoms with Crippen LogP contribution in [-0.2, 0) is 13.1 Å². The molecule has 0 radical (unpaired) electrons. The summed E-state index contributed by atoms with van der Waals surface area (Å²) < 4.78 is 0. The van der Waals surface area contributed by atoms with Crippen LogP contribution in [0, 0.1) is 0 Å². The average Bonchev–Trinajstić information content (AvgIpc) is 2.71. The Hall–Kier alpha value is -0.601. The Labute approximate surface area is 170 Å². The molecule has 2 atom stereocenters. The van der Waals surface area contributed by atoms with Gasteiger partial charge in [-0.15, -0.1) is 0 Å². The van der Waals surface area contributed by atoms with Gasteiger partial charge in [-0.2, -0.15) is 0 Å². The van der Waals surface area contributed by atoms with E-state index >= 15 is 0 Å². The van der Waals surface area contributed by atoms with E-state index in [-0.39, 0.29) is 0 Å². The Kier molecular flexibility index (Phi) is 11.3. The Balaban J connectivity index is 1.60. The van der Waals surface area contributed by atoms with Gasteiger partial charge >= 0.3 is 171 Å². The van der Waals surface area contributed by atoms with E-state index in [0.717, 1.165) is 39.4 Å². The third-order valence-electron chi connectivity index (χ3n) is 4.48. The zero-order valence-corrected chi connectivity index (χ0v) is 19.4. The Morgan fingerprint density at radius 3 is 1.38 bits per heavy atom. The molecule has 4 heteroatoms. The third-order valence-corrected chi connectivity index (χ3v) is 11.9. The van der Waals surface area contributed by atoms with Crippen LogP contribution in [0.1, 0.15) is 37.8 Å². The van der Waals surface area contributed by atoms with Crippen molar-refractivity contribution in [2.75, 3.05) is 0 Å². The zero-order chi connectivity index (χ0) is 18.5. The first-order chi connectivity index (χ1) is 12.8. The molecule has 0 aliphatic heterocycles. The second kappa shape index (κ2) is 13.5. The van der Waals surface area contributed by atoms with Gasteiger partial charge in [0, 0.05) is 0 Å². The van der Waals surface area contributed by atoms with E-state index in [1.165, 1.54) is 34.6 Å². The Morgan fingerprint density at radius 1 is 0.654 bits per heavy atom. The van der Waals surface area contributed by atoms with Crippen molar-refractivity contribution < 1.29 is 0 Å². The first-order valence-electron chi connectivity index (χ1n) is 9.60. The molecule has 2 N–H and O–H groups in total. The fourth-order valence-corrected chi connectivity index (χ4v) is 10.9. The summed E-state index contributed by atoms with van der Waals surface area (Å²) in [6.07, 6.45) is 2.46. The van der Waals surface area contributed by atoms with Crippen LogP contribution in [0.4, 0.5) is 0 Å². The van der Waals surface area contributed by atoms with Gasteiger partial charge in [-0.1, -0.05) is 0 Å². The molecule has 0 saturated carbocycles. The summed E-state index contributed by atoms with van der Waals surface area (Å²) in [6.45, 7) is 6.61. The number of benzene rings is 2. The van der Waals surface area contributed by atoms with E-state index < -0.39 is 0 Å². The van der Waals surface area contributed by atoms with E-state index in [0.29, 0.717) is 12.1 Å². The molecule has 26 heavy (non-hydrogen) atoms. The van der Waals surface area contributed by atoms with Crippen LogP contribution in [0.15, 0.2) is 60.7 Å². The molecule has 2 nitrogen and oxygen atoms in total. The molecule has 0 heterocycles. The van der Waals surface area contributed by atoms with Crippen molar-refractivity contribution in [3.63, 3.8) is 0 Å². The van der Waals surface area contributed by atoms with Gasteiger partial charge < -0.3 is 0 Å². The standard InChI is InChI=1S/C22H32N2Se2/c1-3-21(23-15-19-11-7-5-8-12-19)17-25-26-18-22(4-2)24-16-20-13-9-6-10-14-20/h5-14,21-24H,3-4,15-18H2,1-2H3/t21-,22-/m0/s1. The van der Waals surface area contributed by atoms with Gasteiger partial charge in [-0.05, 0) is 0 Å². The van der Waals surface area contributed by atoms with Crippen molar-refractivity contribution in [1.82, 2.24) is 10.6 Å². The maximum absolute atomic E-state index is 3.74. The summed E-state index contributed by atoms with van der Waals surface area (Å²) in [5, 5.41) is 10.2. The molecule has 0 spiro atoms. The summed E-state index contributed by atoms with van der Waals surface area (Å²) in [5.74, 6) is 0. The van der Waals surface area contributed by atoms with Crippen LogP contribution in [0.3, 0.4) is 0 Å². The van der Waals surface area contributed by atoms with E-state index in [2.05, 4.69) is 85.1 Å². The molecular weight excluding hydrogens is 450 g/mol. The molecule has 0 saturated heterocycles. The van der Waals surface area contributed by atoms with Gasteiger partial charge in [-0.25, -0.2) is 0 Å². The molecule has 0 amide bonds. The van der Waals surface area contributed by atoms with Crippen molar-refractivity contribution in [3.8, 4) is 0 Å². The van der Waals surface area contributed by atoms with Crippen LogP contribution in [0.2, 0.25) is 10.6 Å². The summed E-state index contributed by atoms with van der Waals surface area (Å²) in [6, 6.07) is 22.8. The van der Waals surface area contributed by atoms with E-state index in [9.17, 15) is 0 Å². The first-order valence-corrected chi connectivity index (χ1v) is 16.4. The van der Waals surface area contributed by atoms with Crippen LogP contribution in [-0.4, -0.2) is 38.3 Å². The van der Waals surface area contributed by atoms with Crippen molar-refractivity contribution in [3.05, 3.63) is 71.8 Å². The summed E-state index contributed by atoms with van der Waals surface area (Å²) in [7, 11) is 0. The number of nitrogens with one attached hydrogen (secondary N) is 2. The van der Waals surface area contributed by atoms with E-state index in [4.69, 9.17) is 0 Å². The number of hydrogen-bond donors (Lipinski definition) is 2. The monoisotopic (exact) mass is 484 g/mol. The van der Waals surface area contributed by atoms with E-state index in [1.807, 2.05) is 0 Å². The molecule has 0 aliphatic carbocycles. The normalized spacial score (nSPS) is 13.5. The number of rotatable bonds is 13. The van der Waals surface area contributed by atoms with Crippen molar-refractivity contribution >= 4 is 26.3 Å². The predicted molar refractivity (Wildman–Crippen MR) is 116 cm³/mol. The number of hydrogen-bond acceptors (Lipinski definition) is 2. The van der Waals surface area contributed by atoms with Crippen LogP contribution in [0.5, 0.6) is 0 Å². The van der Waals surface area contributed by atoms with Crippen molar-refractivity contribution in [2.24, 2.45) is 0 Å². The Bertz CT molecular complexity index is 524. The summed E-state index contributed by atoms with van der Waals surface area (Å²) in [5.41, 5.74) is 2.78. The van der Waals surface area contributed by atoms with Crippen LogP contribution < -0.4 is 10.6 Å². The van der Waals surface area contributed by atoms with Gasteiger partial charge in [0.25, 0.3) is 0 Å². The molecule has 0 aliphatic rings. The first kappa shape index (κ1) is 21.7. The predicted octanol–water partition coefficient (Wildman–Crippen LogP) is 4.28. The second-order valence-electron chi connectivity index (χ2n) is 6.51. The topological polar surface area (TPSA) is 24.1 Å². The van der Waals surface area contributed by atoms with Gasteiger partial charge in [0.15, 0.2) is 0 Å². The molecule has 0 fully saturated rings. The average molecular weight is 482 g/mol. The zero-order valence-electron chi connectivity index (χ0n) is 16.0. The van der Waals surface area contributed by atoms with E-state index in [1.54, 1.807) is 0 Å². The molecular formula is C22H32N2Se2. The minimum absolute atomic E-state index is 0.675. The fraction of sp³-hybridized carbons (Fsp3) is 0.455. The second-order valence-corrected chi connectivity index (χ2v) is 14.0. The van der Waals surface area contributed by atoms with Gasteiger partial charge in [0.1, 0.15) is 0 Å². The van der Waals surface area contributed by atoms with Gasteiger partial charge in [-0.3, -0.25) is 0 Å². The summed E-state index contributed by atoms with van der Waals surface area (Å²) >= 11 is 1.58. The van der Waals surface area contributed by atoms with Crippen molar-refractivity contribution in [2.45, 2.75) is 62.5 Å². The SMILES string of the molecule is CC[C@@H](C[Se][Se]C[C@H](CC)NCc1ccccc1)NCc1ccccc1. The summed E-state index contributed by atoms with van der Waals surface area (Å²) in [4.78, 5) is 0. The molecule has 0 aromatic heterocycles. The molecule has 2 aromatic rings. The van der Waals surface area contributed by atoms with Crippen LogP contribution >= 0.6 is 0 Å². The molecule has 2 rings (SSSR count). The van der Waals surface area contributed by atoms with Gasteiger partial charge in [0.05, 0.1) is 0 Å². The molecule has 2 aromatic carbocycles. The molecule has 0 unspecified atom stereocenters. The quantitative estimate of drug-likeness (QED) is 0.329. The third kappa shape index (κ3) is 8.86. The maximum atomic E-state index is 3.74. The Morgan fingerprint density at radius 2 is 1.04 bits per heavy atom. The van der Waals surface area contributed by atoms with Gasteiger partial charge in [0.2, 0.25) is 0 Å². The van der Waals surface area contributed by atoms with Crippen LogP contribution in [0.25, 0.3) is 0 Å². The molecule has 142 valence electrons. The molecule has 0 bridgehead atoms. The minimum atomic E-state index is 0.675. The van der Waals surface area contributed by atoms with Crippen molar-refractivity contribution in [1.29, 1.82) is 0 Å². The fourth-order valence-electron chi connectivity index (χ4n) is 2.62.